The molecule has 0 aromatic heterocycles. The molecule has 2 heterocycles. The van der Waals surface area contributed by atoms with Crippen LogP contribution in [0.5, 0.6) is 0 Å². The third-order valence-corrected chi connectivity index (χ3v) is 9.80. The van der Waals surface area contributed by atoms with Crippen molar-refractivity contribution in [1.29, 1.82) is 0 Å². The summed E-state index contributed by atoms with van der Waals surface area (Å²) >= 11 is 0. The Labute approximate surface area is 251 Å². The largest absolute Gasteiger partial charge is 0.399 e. The highest BCUT2D eigenvalue weighted by Gasteiger charge is 2.36. The Hall–Kier alpha value is -4.03. The summed E-state index contributed by atoms with van der Waals surface area (Å²) in [6, 6.07) is 19.7. The van der Waals surface area contributed by atoms with Crippen molar-refractivity contribution in [2.75, 3.05) is 32.0 Å². The highest BCUT2D eigenvalue weighted by atomic mass is 32.2. The van der Waals surface area contributed by atoms with Crippen LogP contribution in [0.1, 0.15) is 30.4 Å². The van der Waals surface area contributed by atoms with Gasteiger partial charge in [-0.15, -0.1) is 0 Å². The Morgan fingerprint density at radius 3 is 2.47 bits per heavy atom. The molecule has 3 aromatic rings. The lowest BCUT2D eigenvalue weighted by molar-refractivity contribution is -0.188. The van der Waals surface area contributed by atoms with Gasteiger partial charge in [-0.25, -0.2) is 18.5 Å². The maximum absolute atomic E-state index is 13.7. The lowest BCUT2D eigenvalue weighted by Crippen LogP contribution is -2.51. The number of aliphatic hydroxyl groups excluding tert-OH is 1. The molecule has 0 radical (unpaired) electrons. The molecule has 0 spiro atoms. The van der Waals surface area contributed by atoms with E-state index in [1.54, 1.807) is 36.4 Å². The number of amides is 1. The fourth-order valence-corrected chi connectivity index (χ4v) is 6.82. The minimum Gasteiger partial charge on any atom is -0.399 e. The summed E-state index contributed by atoms with van der Waals surface area (Å²) in [5.41, 5.74) is 17.0. The van der Waals surface area contributed by atoms with Gasteiger partial charge >= 0.3 is 0 Å². The zero-order valence-electron chi connectivity index (χ0n) is 23.7. The number of fused-ring (bicyclic) bond motifs is 1. The number of sulfonamides is 1. The van der Waals surface area contributed by atoms with E-state index in [2.05, 4.69) is 4.99 Å². The summed E-state index contributed by atoms with van der Waals surface area (Å²) < 4.78 is 27.6. The molecule has 5 N–H and O–H groups in total. The molecule has 10 nitrogen and oxygen atoms in total. The molecule has 3 aromatic carbocycles. The number of nitrogens with two attached hydrogens (primary N) is 2. The van der Waals surface area contributed by atoms with Crippen LogP contribution in [0.4, 0.5) is 11.4 Å². The molecule has 1 aliphatic carbocycles. The van der Waals surface area contributed by atoms with Crippen LogP contribution in [-0.4, -0.2) is 60.9 Å². The van der Waals surface area contributed by atoms with E-state index in [4.69, 9.17) is 16.3 Å². The lowest BCUT2D eigenvalue weighted by Gasteiger charge is -2.36. The predicted molar refractivity (Wildman–Crippen MR) is 165 cm³/mol. The molecule has 1 saturated heterocycles. The Morgan fingerprint density at radius 1 is 1.00 bits per heavy atom. The van der Waals surface area contributed by atoms with Crippen LogP contribution in [-0.2, 0) is 26.3 Å². The second kappa shape index (κ2) is 11.9. The fraction of sp³-hybridized carbons (Fsp3) is 0.312. The maximum Gasteiger partial charge on any atom is 0.273 e. The number of hydrogen-bond donors (Lipinski definition) is 3. The van der Waals surface area contributed by atoms with Gasteiger partial charge in [0.15, 0.2) is 0 Å². The van der Waals surface area contributed by atoms with Crippen molar-refractivity contribution in [3.63, 3.8) is 0 Å². The minimum absolute atomic E-state index is 0.0215. The van der Waals surface area contributed by atoms with Gasteiger partial charge in [-0.3, -0.25) is 9.63 Å². The Morgan fingerprint density at radius 2 is 1.74 bits per heavy atom. The first-order valence-electron chi connectivity index (χ1n) is 14.4. The van der Waals surface area contributed by atoms with Crippen LogP contribution in [0, 0.1) is 11.8 Å². The van der Waals surface area contributed by atoms with Gasteiger partial charge in [-0.2, -0.15) is 4.31 Å². The molecule has 2 aliphatic heterocycles. The van der Waals surface area contributed by atoms with Gasteiger partial charge in [0.25, 0.3) is 5.91 Å². The molecule has 3 aliphatic rings. The van der Waals surface area contributed by atoms with Crippen LogP contribution < -0.4 is 11.5 Å². The number of hydrogen-bond acceptors (Lipinski definition) is 8. The summed E-state index contributed by atoms with van der Waals surface area (Å²) in [5.74, 6) is 0.448. The number of aliphatic imine (C=N–C) groups is 1. The summed E-state index contributed by atoms with van der Waals surface area (Å²) in [4.78, 5) is 24.5. The van der Waals surface area contributed by atoms with Gasteiger partial charge in [0.05, 0.1) is 17.1 Å². The van der Waals surface area contributed by atoms with E-state index < -0.39 is 10.0 Å². The lowest BCUT2D eigenvalue weighted by atomic mass is 10.0. The standard InChI is InChI=1S/C32H35N5O5S/c33-28-10-6-22(7-11-28)20-42-37(18-21-4-5-21)32(39)27-12-26-9-8-25(14-30(26)35-31(34)15-27)24-2-1-3-29(13-24)43(40,41)36-16-23(17-36)19-38/h1-3,6-14,21,23,38H,4-5,15-20,33H2,(H2,34,35). The van der Waals surface area contributed by atoms with Crippen molar-refractivity contribution in [3.05, 3.63) is 83.4 Å². The number of carbonyl (C=O) groups is 1. The van der Waals surface area contributed by atoms with Crippen LogP contribution >= 0.6 is 0 Å². The molecule has 0 unspecified atom stereocenters. The maximum atomic E-state index is 13.7. The summed E-state index contributed by atoms with van der Waals surface area (Å²) in [7, 11) is -3.66. The minimum atomic E-state index is -3.66. The van der Waals surface area contributed by atoms with E-state index in [1.165, 1.54) is 9.37 Å². The second-order valence-electron chi connectivity index (χ2n) is 11.4. The molecule has 0 bridgehead atoms. The number of anilines is 1. The van der Waals surface area contributed by atoms with E-state index in [1.807, 2.05) is 36.4 Å². The summed E-state index contributed by atoms with van der Waals surface area (Å²) in [5, 5.41) is 10.7. The number of hydroxylamine groups is 2. The Bertz CT molecular complexity index is 1690. The van der Waals surface area contributed by atoms with Crippen LogP contribution in [0.2, 0.25) is 0 Å². The summed E-state index contributed by atoms with van der Waals surface area (Å²) in [6.07, 6.45) is 4.10. The van der Waals surface area contributed by atoms with E-state index in [0.29, 0.717) is 53.9 Å². The van der Waals surface area contributed by atoms with Gasteiger partial charge in [0, 0.05) is 48.9 Å². The Balaban J connectivity index is 1.23. The third-order valence-electron chi connectivity index (χ3n) is 7.97. The summed E-state index contributed by atoms with van der Waals surface area (Å²) in [6.45, 7) is 1.35. The molecule has 6 rings (SSSR count). The molecular formula is C32H35N5O5S. The number of rotatable bonds is 10. The molecule has 1 saturated carbocycles. The first-order valence-corrected chi connectivity index (χ1v) is 15.8. The van der Waals surface area contributed by atoms with Crippen molar-refractivity contribution < 1.29 is 23.2 Å². The van der Waals surface area contributed by atoms with Crippen molar-refractivity contribution in [1.82, 2.24) is 9.37 Å². The molecule has 224 valence electrons. The molecule has 2 fully saturated rings. The molecule has 0 atom stereocenters. The predicted octanol–water partition coefficient (Wildman–Crippen LogP) is 3.69. The monoisotopic (exact) mass is 601 g/mol. The zero-order valence-corrected chi connectivity index (χ0v) is 24.5. The number of aliphatic hydroxyl groups is 1. The molecule has 43 heavy (non-hydrogen) atoms. The van der Waals surface area contributed by atoms with E-state index in [-0.39, 0.29) is 36.4 Å². The normalized spacial score (nSPS) is 17.3. The SMILES string of the molecule is NC1=Nc2cc(-c3cccc(S(=O)(=O)N4CC(CO)C4)c3)ccc2C=C(C(=O)N(CC2CC2)OCc2ccc(N)cc2)C1. The highest BCUT2D eigenvalue weighted by molar-refractivity contribution is 7.89. The number of nitrogen functional groups attached to an aromatic ring is 1. The highest BCUT2D eigenvalue weighted by Crippen LogP contribution is 2.35. The fourth-order valence-electron chi connectivity index (χ4n) is 5.18. The van der Waals surface area contributed by atoms with Gasteiger partial charge in [0.1, 0.15) is 12.4 Å². The van der Waals surface area contributed by atoms with Crippen molar-refractivity contribution in [3.8, 4) is 11.1 Å². The number of nitrogens with zero attached hydrogens (tertiary/aromatic N) is 3. The van der Waals surface area contributed by atoms with Gasteiger partial charge in [-0.1, -0.05) is 36.4 Å². The average Bonchev–Trinajstić information content (AvgIpc) is 3.81. The number of amidine groups is 1. The second-order valence-corrected chi connectivity index (χ2v) is 13.4. The molecule has 11 heteroatoms. The number of benzene rings is 3. The van der Waals surface area contributed by atoms with E-state index in [0.717, 1.165) is 29.5 Å². The topological polar surface area (TPSA) is 152 Å². The van der Waals surface area contributed by atoms with Crippen molar-refractivity contribution in [2.45, 2.75) is 30.8 Å². The average molecular weight is 602 g/mol. The first kappa shape index (κ1) is 29.1. The van der Waals surface area contributed by atoms with Gasteiger partial charge in [0.2, 0.25) is 10.0 Å². The molecular weight excluding hydrogens is 566 g/mol. The van der Waals surface area contributed by atoms with Gasteiger partial charge < -0.3 is 16.6 Å². The third kappa shape index (κ3) is 6.50. The zero-order chi connectivity index (χ0) is 30.1. The smallest absolute Gasteiger partial charge is 0.273 e. The van der Waals surface area contributed by atoms with Crippen LogP contribution in [0.15, 0.2) is 82.2 Å². The Kier molecular flexibility index (Phi) is 8.06. The van der Waals surface area contributed by atoms with Crippen molar-refractivity contribution in [2.24, 2.45) is 22.6 Å². The quantitative estimate of drug-likeness (QED) is 0.237. The van der Waals surface area contributed by atoms with Gasteiger partial charge in [-0.05, 0) is 71.9 Å². The number of carbonyl (C=O) groups excluding carboxylic acids is 1. The molecule has 1 amide bonds. The van der Waals surface area contributed by atoms with Crippen LogP contribution in [0.25, 0.3) is 17.2 Å². The van der Waals surface area contributed by atoms with E-state index >= 15 is 0 Å². The van der Waals surface area contributed by atoms with Crippen molar-refractivity contribution >= 4 is 39.2 Å². The van der Waals surface area contributed by atoms with Crippen LogP contribution in [0.3, 0.4) is 0 Å². The first-order chi connectivity index (χ1) is 20.7. The van der Waals surface area contributed by atoms with E-state index in [9.17, 15) is 18.3 Å².